The highest BCUT2D eigenvalue weighted by molar-refractivity contribution is 9.10. The number of carboxylic acids is 1. The average Bonchev–Trinajstić information content (AvgIpc) is 2.74. The molecule has 19 heavy (non-hydrogen) atoms. The Balaban J connectivity index is 2.34. The number of carboxylic acid groups (broad SMARTS) is 1. The number of aromatic carboxylic acids is 1. The topological polar surface area (TPSA) is 53.4 Å². The number of aromatic nitrogens is 1. The van der Waals surface area contributed by atoms with Gasteiger partial charge in [-0.15, -0.1) is 11.3 Å². The fourth-order valence-corrected chi connectivity index (χ4v) is 3.18. The van der Waals surface area contributed by atoms with Gasteiger partial charge in [-0.1, -0.05) is 6.07 Å². The van der Waals surface area contributed by atoms with Gasteiger partial charge in [0.05, 0.1) is 29.0 Å². The van der Waals surface area contributed by atoms with E-state index in [1.54, 1.807) is 22.9 Å². The summed E-state index contributed by atoms with van der Waals surface area (Å²) in [5, 5.41) is 9.31. The number of carbonyl (C=O) groups is 1. The first kappa shape index (κ1) is 14.0. The summed E-state index contributed by atoms with van der Waals surface area (Å²) in [6, 6.07) is 5.38. The van der Waals surface area contributed by atoms with Crippen LogP contribution in [-0.4, -0.2) is 23.1 Å². The maximum absolute atomic E-state index is 11.4. The molecule has 2 rings (SSSR count). The Morgan fingerprint density at radius 1 is 1.53 bits per heavy atom. The maximum atomic E-state index is 11.4. The molecule has 0 spiro atoms. The molecule has 0 aliphatic carbocycles. The number of aryl methyl sites for hydroxylation is 1. The van der Waals surface area contributed by atoms with Gasteiger partial charge in [0.25, 0.3) is 0 Å². The van der Waals surface area contributed by atoms with E-state index in [1.165, 1.54) is 0 Å². The molecule has 6 heteroatoms. The zero-order valence-electron chi connectivity index (χ0n) is 10.6. The second-order valence-corrected chi connectivity index (χ2v) is 5.95. The minimum Gasteiger partial charge on any atom is -0.478 e. The number of thiazole rings is 1. The van der Waals surface area contributed by atoms with E-state index in [0.29, 0.717) is 16.7 Å². The molecule has 0 bridgehead atoms. The molecule has 0 aliphatic rings. The number of anilines is 1. The van der Waals surface area contributed by atoms with Crippen LogP contribution in [0.4, 0.5) is 5.69 Å². The average molecular weight is 341 g/mol. The lowest BCUT2D eigenvalue weighted by Crippen LogP contribution is -2.19. The zero-order valence-corrected chi connectivity index (χ0v) is 13.0. The van der Waals surface area contributed by atoms with Crippen molar-refractivity contribution in [3.05, 3.63) is 44.3 Å². The van der Waals surface area contributed by atoms with Gasteiger partial charge in [-0.05, 0) is 35.0 Å². The molecule has 100 valence electrons. The van der Waals surface area contributed by atoms with Crippen LogP contribution in [0.25, 0.3) is 0 Å². The minimum atomic E-state index is -0.935. The summed E-state index contributed by atoms with van der Waals surface area (Å²) in [5.74, 6) is -0.935. The summed E-state index contributed by atoms with van der Waals surface area (Å²) in [7, 11) is 1.88. The number of benzene rings is 1. The molecule has 1 heterocycles. The summed E-state index contributed by atoms with van der Waals surface area (Å²) in [4.78, 5) is 18.6. The smallest absolute Gasteiger partial charge is 0.338 e. The van der Waals surface area contributed by atoms with Gasteiger partial charge >= 0.3 is 5.97 Å². The second kappa shape index (κ2) is 5.71. The monoisotopic (exact) mass is 340 g/mol. The molecule has 0 saturated carbocycles. The summed E-state index contributed by atoms with van der Waals surface area (Å²) in [6.45, 7) is 2.60. The van der Waals surface area contributed by atoms with Crippen molar-refractivity contribution in [2.75, 3.05) is 11.9 Å². The Hall–Kier alpha value is -1.40. The van der Waals surface area contributed by atoms with Crippen LogP contribution in [0, 0.1) is 6.92 Å². The van der Waals surface area contributed by atoms with E-state index >= 15 is 0 Å². The summed E-state index contributed by atoms with van der Waals surface area (Å²) >= 11 is 4.87. The third kappa shape index (κ3) is 2.96. The normalized spacial score (nSPS) is 10.5. The summed E-state index contributed by atoms with van der Waals surface area (Å²) in [5.41, 5.74) is 3.77. The first-order valence-electron chi connectivity index (χ1n) is 5.62. The molecule has 0 fully saturated rings. The summed E-state index contributed by atoms with van der Waals surface area (Å²) in [6.07, 6.45) is 0. The van der Waals surface area contributed by atoms with Crippen LogP contribution in [0.3, 0.4) is 0 Å². The molecule has 0 aliphatic heterocycles. The Morgan fingerprint density at radius 3 is 2.84 bits per heavy atom. The van der Waals surface area contributed by atoms with Gasteiger partial charge in [-0.3, -0.25) is 0 Å². The van der Waals surface area contributed by atoms with E-state index in [4.69, 9.17) is 0 Å². The maximum Gasteiger partial charge on any atom is 0.338 e. The molecular weight excluding hydrogens is 328 g/mol. The van der Waals surface area contributed by atoms with Crippen LogP contribution in [0.1, 0.15) is 20.9 Å². The van der Waals surface area contributed by atoms with Gasteiger partial charge in [0, 0.05) is 16.4 Å². The van der Waals surface area contributed by atoms with Crippen LogP contribution >= 0.6 is 27.3 Å². The number of nitrogens with zero attached hydrogens (tertiary/aromatic N) is 2. The standard InChI is InChI=1S/C13H13BrN2O2S/c1-8-11(19-7-15-8)6-16(2)10-5-3-4-9(14)12(10)13(17)18/h3-5,7H,6H2,1-2H3,(H,17,18). The van der Waals surface area contributed by atoms with Crippen molar-refractivity contribution in [1.82, 2.24) is 4.98 Å². The van der Waals surface area contributed by atoms with Crippen molar-refractivity contribution in [2.45, 2.75) is 13.5 Å². The predicted molar refractivity (Wildman–Crippen MR) is 80.1 cm³/mol. The van der Waals surface area contributed by atoms with E-state index in [9.17, 15) is 9.90 Å². The second-order valence-electron chi connectivity index (χ2n) is 4.16. The Kier molecular flexibility index (Phi) is 4.21. The number of hydrogen-bond donors (Lipinski definition) is 1. The quantitative estimate of drug-likeness (QED) is 0.924. The van der Waals surface area contributed by atoms with Crippen LogP contribution in [0.15, 0.2) is 28.2 Å². The number of rotatable bonds is 4. The van der Waals surface area contributed by atoms with Crippen LogP contribution in [0.5, 0.6) is 0 Å². The van der Waals surface area contributed by atoms with Crippen molar-refractivity contribution < 1.29 is 9.90 Å². The lowest BCUT2D eigenvalue weighted by atomic mass is 10.1. The molecule has 0 saturated heterocycles. The molecule has 2 aromatic rings. The zero-order chi connectivity index (χ0) is 14.0. The third-order valence-corrected chi connectivity index (χ3v) is 4.42. The largest absolute Gasteiger partial charge is 0.478 e. The van der Waals surface area contributed by atoms with Gasteiger partial charge in [0.2, 0.25) is 0 Å². The Morgan fingerprint density at radius 2 is 2.26 bits per heavy atom. The highest BCUT2D eigenvalue weighted by atomic mass is 79.9. The van der Waals surface area contributed by atoms with Gasteiger partial charge in [0.15, 0.2) is 0 Å². The van der Waals surface area contributed by atoms with Crippen LogP contribution in [0.2, 0.25) is 0 Å². The molecular formula is C13H13BrN2O2S. The molecule has 1 N–H and O–H groups in total. The number of halogens is 1. The Bertz CT molecular complexity index is 612. The number of hydrogen-bond acceptors (Lipinski definition) is 4. The van der Waals surface area contributed by atoms with Gasteiger partial charge in [-0.2, -0.15) is 0 Å². The predicted octanol–water partition coefficient (Wildman–Crippen LogP) is 3.55. The molecule has 0 amide bonds. The third-order valence-electron chi connectivity index (χ3n) is 2.84. The first-order chi connectivity index (χ1) is 9.00. The van der Waals surface area contributed by atoms with Crippen LogP contribution < -0.4 is 4.90 Å². The van der Waals surface area contributed by atoms with E-state index in [2.05, 4.69) is 20.9 Å². The molecule has 1 aromatic carbocycles. The highest BCUT2D eigenvalue weighted by Crippen LogP contribution is 2.29. The van der Waals surface area contributed by atoms with Crippen molar-refractivity contribution in [1.29, 1.82) is 0 Å². The fraction of sp³-hybridized carbons (Fsp3) is 0.231. The van der Waals surface area contributed by atoms with Crippen molar-refractivity contribution in [2.24, 2.45) is 0 Å². The highest BCUT2D eigenvalue weighted by Gasteiger charge is 2.17. The minimum absolute atomic E-state index is 0.284. The molecule has 0 atom stereocenters. The molecule has 4 nitrogen and oxygen atoms in total. The van der Waals surface area contributed by atoms with Gasteiger partial charge in [-0.25, -0.2) is 9.78 Å². The van der Waals surface area contributed by atoms with Crippen molar-refractivity contribution >= 4 is 38.9 Å². The van der Waals surface area contributed by atoms with Gasteiger partial charge < -0.3 is 10.0 Å². The summed E-state index contributed by atoms with van der Waals surface area (Å²) < 4.78 is 0.588. The SMILES string of the molecule is Cc1ncsc1CN(C)c1cccc(Br)c1C(=O)O. The lowest BCUT2D eigenvalue weighted by molar-refractivity contribution is 0.0696. The van der Waals surface area contributed by atoms with Crippen molar-refractivity contribution in [3.63, 3.8) is 0 Å². The first-order valence-corrected chi connectivity index (χ1v) is 7.30. The van der Waals surface area contributed by atoms with E-state index in [1.807, 2.05) is 31.0 Å². The molecule has 0 unspecified atom stereocenters. The molecule has 0 radical (unpaired) electrons. The fourth-order valence-electron chi connectivity index (χ4n) is 1.82. The Labute approximate surface area is 123 Å². The van der Waals surface area contributed by atoms with E-state index in [-0.39, 0.29) is 5.56 Å². The molecule has 1 aromatic heterocycles. The van der Waals surface area contributed by atoms with Crippen molar-refractivity contribution in [3.8, 4) is 0 Å². The van der Waals surface area contributed by atoms with E-state index in [0.717, 1.165) is 10.6 Å². The van der Waals surface area contributed by atoms with Crippen LogP contribution in [-0.2, 0) is 6.54 Å². The lowest BCUT2D eigenvalue weighted by Gasteiger charge is -2.21. The van der Waals surface area contributed by atoms with E-state index < -0.39 is 5.97 Å². The van der Waals surface area contributed by atoms with Gasteiger partial charge in [0.1, 0.15) is 0 Å².